The van der Waals surface area contributed by atoms with Gasteiger partial charge in [-0.05, 0) is 18.8 Å². The Hall–Kier alpha value is -1.14. The molecule has 6 nitrogen and oxygen atoms in total. The van der Waals surface area contributed by atoms with E-state index < -0.39 is 28.9 Å². The van der Waals surface area contributed by atoms with Gasteiger partial charge in [0.2, 0.25) is 0 Å². The average molecular weight is 216 g/mol. The van der Waals surface area contributed by atoms with Crippen molar-refractivity contribution in [3.8, 4) is 0 Å². The molecule has 3 unspecified atom stereocenters. The van der Waals surface area contributed by atoms with Crippen molar-refractivity contribution >= 4 is 11.9 Å². The minimum atomic E-state index is -1.89. The summed E-state index contributed by atoms with van der Waals surface area (Å²) >= 11 is 0. The smallest absolute Gasteiger partial charge is 0.326 e. The zero-order valence-electron chi connectivity index (χ0n) is 8.56. The van der Waals surface area contributed by atoms with E-state index in [4.69, 9.17) is 21.7 Å². The number of rotatable bonds is 2. The first-order valence-corrected chi connectivity index (χ1v) is 4.81. The maximum atomic E-state index is 11.1. The molecule has 0 spiro atoms. The largest absolute Gasteiger partial charge is 0.480 e. The van der Waals surface area contributed by atoms with Crippen molar-refractivity contribution in [1.82, 2.24) is 0 Å². The van der Waals surface area contributed by atoms with Crippen LogP contribution in [0.5, 0.6) is 0 Å². The second-order valence-electron chi connectivity index (χ2n) is 4.24. The molecule has 1 aliphatic rings. The van der Waals surface area contributed by atoms with E-state index in [1.807, 2.05) is 0 Å². The summed E-state index contributed by atoms with van der Waals surface area (Å²) in [5.41, 5.74) is 7.62. The second-order valence-corrected chi connectivity index (χ2v) is 4.24. The van der Waals surface area contributed by atoms with Gasteiger partial charge in [-0.15, -0.1) is 0 Å². The van der Waals surface area contributed by atoms with E-state index in [0.29, 0.717) is 12.8 Å². The van der Waals surface area contributed by atoms with Crippen molar-refractivity contribution in [2.45, 2.75) is 37.3 Å². The summed E-state index contributed by atoms with van der Waals surface area (Å²) < 4.78 is 0. The van der Waals surface area contributed by atoms with Crippen LogP contribution < -0.4 is 11.5 Å². The molecule has 0 saturated heterocycles. The lowest BCUT2D eigenvalue weighted by Crippen LogP contribution is -2.77. The monoisotopic (exact) mass is 216 g/mol. The number of hydrogen-bond acceptors (Lipinski definition) is 4. The lowest BCUT2D eigenvalue weighted by atomic mass is 9.62. The summed E-state index contributed by atoms with van der Waals surface area (Å²) in [7, 11) is 0. The van der Waals surface area contributed by atoms with Gasteiger partial charge in [-0.2, -0.15) is 0 Å². The molecular formula is C9H16N2O4. The molecule has 6 heteroatoms. The Kier molecular flexibility index (Phi) is 2.75. The topological polar surface area (TPSA) is 127 Å². The van der Waals surface area contributed by atoms with E-state index in [1.54, 1.807) is 6.92 Å². The Bertz CT molecular complexity index is 306. The highest BCUT2D eigenvalue weighted by atomic mass is 16.4. The van der Waals surface area contributed by atoms with Crippen molar-refractivity contribution in [3.05, 3.63) is 0 Å². The number of carboxylic acids is 2. The van der Waals surface area contributed by atoms with Crippen molar-refractivity contribution in [2.24, 2.45) is 17.4 Å². The summed E-state index contributed by atoms with van der Waals surface area (Å²) in [6.07, 6.45) is 1.25. The third-order valence-electron chi connectivity index (χ3n) is 3.46. The van der Waals surface area contributed by atoms with Gasteiger partial charge in [-0.25, -0.2) is 0 Å². The number of aliphatic carboxylic acids is 2. The maximum absolute atomic E-state index is 11.1. The van der Waals surface area contributed by atoms with Crippen LogP contribution in [0.4, 0.5) is 0 Å². The first kappa shape index (κ1) is 11.9. The van der Waals surface area contributed by atoms with E-state index in [2.05, 4.69) is 0 Å². The Balaban J connectivity index is 3.24. The molecule has 1 rings (SSSR count). The van der Waals surface area contributed by atoms with Gasteiger partial charge in [0, 0.05) is 0 Å². The lowest BCUT2D eigenvalue weighted by Gasteiger charge is -2.47. The van der Waals surface area contributed by atoms with Gasteiger partial charge in [0.05, 0.1) is 0 Å². The summed E-state index contributed by atoms with van der Waals surface area (Å²) in [6.45, 7) is 1.62. The van der Waals surface area contributed by atoms with Gasteiger partial charge in [0.1, 0.15) is 11.1 Å². The van der Waals surface area contributed by atoms with Crippen molar-refractivity contribution in [3.63, 3.8) is 0 Å². The van der Waals surface area contributed by atoms with Gasteiger partial charge < -0.3 is 21.7 Å². The molecule has 0 aromatic heterocycles. The first-order valence-electron chi connectivity index (χ1n) is 4.81. The van der Waals surface area contributed by atoms with Crippen LogP contribution in [0, 0.1) is 5.92 Å². The minimum Gasteiger partial charge on any atom is -0.480 e. The molecule has 0 bridgehead atoms. The molecule has 0 heterocycles. The lowest BCUT2D eigenvalue weighted by molar-refractivity contribution is -0.163. The number of nitrogens with two attached hydrogens (primary N) is 2. The molecule has 0 aliphatic heterocycles. The third kappa shape index (κ3) is 1.40. The zero-order chi connectivity index (χ0) is 11.9. The Labute approximate surface area is 87.2 Å². The van der Waals surface area contributed by atoms with Crippen LogP contribution in [0.25, 0.3) is 0 Å². The molecule has 1 saturated carbocycles. The fourth-order valence-electron chi connectivity index (χ4n) is 2.25. The molecular weight excluding hydrogens is 200 g/mol. The number of carboxylic acid groups (broad SMARTS) is 2. The van der Waals surface area contributed by atoms with Crippen LogP contribution in [0.1, 0.15) is 26.2 Å². The summed E-state index contributed by atoms with van der Waals surface area (Å²) in [6, 6.07) is 0. The van der Waals surface area contributed by atoms with E-state index in [0.717, 1.165) is 0 Å². The van der Waals surface area contributed by atoms with Crippen molar-refractivity contribution in [1.29, 1.82) is 0 Å². The van der Waals surface area contributed by atoms with Gasteiger partial charge in [-0.3, -0.25) is 9.59 Å². The van der Waals surface area contributed by atoms with Crippen molar-refractivity contribution in [2.75, 3.05) is 0 Å². The first-order chi connectivity index (χ1) is 6.76. The fraction of sp³-hybridized carbons (Fsp3) is 0.778. The predicted molar refractivity (Wildman–Crippen MR) is 52.1 cm³/mol. The van der Waals surface area contributed by atoms with E-state index in [1.165, 1.54) is 0 Å². The van der Waals surface area contributed by atoms with Crippen molar-refractivity contribution < 1.29 is 19.8 Å². The molecule has 0 amide bonds. The summed E-state index contributed by atoms with van der Waals surface area (Å²) in [4.78, 5) is 22.2. The molecule has 3 atom stereocenters. The van der Waals surface area contributed by atoms with Crippen LogP contribution in [0.15, 0.2) is 0 Å². The van der Waals surface area contributed by atoms with Crippen LogP contribution in [0.2, 0.25) is 0 Å². The molecule has 0 aromatic rings. The molecule has 86 valence electrons. The molecule has 0 radical (unpaired) electrons. The second kappa shape index (κ2) is 3.46. The van der Waals surface area contributed by atoms with Crippen LogP contribution in [-0.4, -0.2) is 33.2 Å². The van der Waals surface area contributed by atoms with Gasteiger partial charge in [0.15, 0.2) is 0 Å². The van der Waals surface area contributed by atoms with E-state index in [-0.39, 0.29) is 6.42 Å². The zero-order valence-corrected chi connectivity index (χ0v) is 8.56. The fourth-order valence-corrected chi connectivity index (χ4v) is 2.25. The maximum Gasteiger partial charge on any atom is 0.326 e. The highest BCUT2D eigenvalue weighted by Gasteiger charge is 2.61. The predicted octanol–water partition coefficient (Wildman–Crippen LogP) is -0.629. The average Bonchev–Trinajstić information content (AvgIpc) is 2.13. The molecule has 15 heavy (non-hydrogen) atoms. The van der Waals surface area contributed by atoms with Gasteiger partial charge in [-0.1, -0.05) is 13.3 Å². The Morgan fingerprint density at radius 3 is 2.13 bits per heavy atom. The van der Waals surface area contributed by atoms with E-state index in [9.17, 15) is 9.59 Å². The van der Waals surface area contributed by atoms with E-state index >= 15 is 0 Å². The molecule has 0 aromatic carbocycles. The SMILES string of the molecule is CC1CCCC(N)(C(=O)O)C1(N)C(=O)O. The molecule has 1 fully saturated rings. The van der Waals surface area contributed by atoms with Crippen LogP contribution in [0.3, 0.4) is 0 Å². The van der Waals surface area contributed by atoms with Gasteiger partial charge >= 0.3 is 11.9 Å². The number of carbonyl (C=O) groups is 2. The van der Waals surface area contributed by atoms with Crippen LogP contribution >= 0.6 is 0 Å². The summed E-state index contributed by atoms with van der Waals surface area (Å²) in [5.74, 6) is -3.15. The normalized spacial score (nSPS) is 41.1. The highest BCUT2D eigenvalue weighted by Crippen LogP contribution is 2.38. The minimum absolute atomic E-state index is 0.0927. The Morgan fingerprint density at radius 1 is 1.27 bits per heavy atom. The third-order valence-corrected chi connectivity index (χ3v) is 3.46. The molecule has 6 N–H and O–H groups in total. The molecule has 1 aliphatic carbocycles. The Morgan fingerprint density at radius 2 is 1.80 bits per heavy atom. The van der Waals surface area contributed by atoms with Gasteiger partial charge in [0.25, 0.3) is 0 Å². The highest BCUT2D eigenvalue weighted by molar-refractivity contribution is 5.93. The quantitative estimate of drug-likeness (QED) is 0.486. The van der Waals surface area contributed by atoms with Crippen LogP contribution in [-0.2, 0) is 9.59 Å². The summed E-state index contributed by atoms with van der Waals surface area (Å²) in [5, 5.41) is 18.1. The number of hydrogen-bond donors (Lipinski definition) is 4. The standard InChI is InChI=1S/C9H16N2O4/c1-5-3-2-4-8(10,6(12)13)9(5,11)7(14)15/h5H,2-4,10-11H2,1H3,(H,12,13)(H,14,15).